The fourth-order valence-corrected chi connectivity index (χ4v) is 1.46. The molecule has 8 nitrogen and oxygen atoms in total. The molecule has 1 rings (SSSR count). The van der Waals surface area contributed by atoms with Crippen molar-refractivity contribution in [2.45, 2.75) is 26.4 Å². The van der Waals surface area contributed by atoms with Gasteiger partial charge in [-0.2, -0.15) is 0 Å². The van der Waals surface area contributed by atoms with Crippen molar-refractivity contribution in [1.82, 2.24) is 10.3 Å². The lowest BCUT2D eigenvalue weighted by Crippen LogP contribution is -2.32. The molecule has 1 aromatic rings. The lowest BCUT2D eigenvalue weighted by Gasteiger charge is -2.19. The van der Waals surface area contributed by atoms with E-state index in [2.05, 4.69) is 15.6 Å². The van der Waals surface area contributed by atoms with Crippen molar-refractivity contribution in [3.63, 3.8) is 0 Å². The quantitative estimate of drug-likeness (QED) is 0.475. The average Bonchev–Trinajstić information content (AvgIpc) is 2.41. The van der Waals surface area contributed by atoms with Gasteiger partial charge in [-0.3, -0.25) is 10.1 Å². The minimum atomic E-state index is -0.534. The number of anilines is 1. The molecule has 0 saturated heterocycles. The fourth-order valence-electron chi connectivity index (χ4n) is 1.46. The molecule has 0 atom stereocenters. The Hall–Kier alpha value is -2.64. The Balaban J connectivity index is 2.33. The van der Waals surface area contributed by atoms with E-state index in [1.54, 1.807) is 32.9 Å². The van der Waals surface area contributed by atoms with Crippen LogP contribution in [0.4, 0.5) is 16.3 Å². The van der Waals surface area contributed by atoms with Crippen molar-refractivity contribution in [2.24, 2.45) is 0 Å². The summed E-state index contributed by atoms with van der Waals surface area (Å²) in [5.41, 5.74) is -0.615. The Morgan fingerprint density at radius 3 is 2.73 bits per heavy atom. The van der Waals surface area contributed by atoms with Gasteiger partial charge in [0.2, 0.25) is 5.82 Å². The Kier molecular flexibility index (Phi) is 6.30. The molecule has 2 N–H and O–H groups in total. The highest BCUT2D eigenvalue weighted by Gasteiger charge is 2.15. The number of nitrogens with one attached hydrogen (secondary N) is 2. The van der Waals surface area contributed by atoms with Crippen molar-refractivity contribution in [2.75, 3.05) is 18.4 Å². The van der Waals surface area contributed by atoms with Gasteiger partial charge in [0.1, 0.15) is 5.60 Å². The van der Waals surface area contributed by atoms with E-state index in [-0.39, 0.29) is 11.5 Å². The van der Waals surface area contributed by atoms with Gasteiger partial charge >= 0.3 is 11.8 Å². The van der Waals surface area contributed by atoms with Crippen molar-refractivity contribution < 1.29 is 14.5 Å². The molecular formula is C14H20N4O4. The number of aromatic nitrogens is 1. The number of nitrogens with zero attached hydrogens (tertiary/aromatic N) is 2. The zero-order valence-electron chi connectivity index (χ0n) is 12.8. The zero-order valence-corrected chi connectivity index (χ0v) is 12.8. The summed E-state index contributed by atoms with van der Waals surface area (Å²) >= 11 is 0. The van der Waals surface area contributed by atoms with E-state index in [0.29, 0.717) is 13.1 Å². The van der Waals surface area contributed by atoms with Gasteiger partial charge in [-0.05, 0) is 26.8 Å². The second kappa shape index (κ2) is 7.96. The highest BCUT2D eigenvalue weighted by Crippen LogP contribution is 2.19. The van der Waals surface area contributed by atoms with Crippen LogP contribution in [0.5, 0.6) is 0 Å². The predicted molar refractivity (Wildman–Crippen MR) is 82.8 cm³/mol. The third-order valence-electron chi connectivity index (χ3n) is 2.30. The molecule has 0 aromatic carbocycles. The van der Waals surface area contributed by atoms with Crippen molar-refractivity contribution in [1.29, 1.82) is 0 Å². The average molecular weight is 308 g/mol. The number of alkyl carbamates (subject to hydrolysis) is 1. The standard InChI is InChI=1S/C14H20N4O4/c1-14(2,3)22-13(19)17-9-5-4-8-15-12-11(18(20)21)7-6-10-16-12/h4-7,10H,8-9H2,1-3H3,(H,15,16)(H,17,19)/b5-4+. The molecule has 0 aliphatic rings. The molecule has 0 aliphatic heterocycles. The zero-order chi connectivity index (χ0) is 16.6. The molecule has 8 heteroatoms. The number of ether oxygens (including phenoxy) is 1. The molecule has 0 bridgehead atoms. The largest absolute Gasteiger partial charge is 0.444 e. The van der Waals surface area contributed by atoms with Gasteiger partial charge in [-0.15, -0.1) is 0 Å². The van der Waals surface area contributed by atoms with E-state index in [1.807, 2.05) is 0 Å². The van der Waals surface area contributed by atoms with Crippen molar-refractivity contribution in [3.8, 4) is 0 Å². The molecular weight excluding hydrogens is 288 g/mol. The summed E-state index contributed by atoms with van der Waals surface area (Å²) in [6.45, 7) is 6.01. The van der Waals surface area contributed by atoms with Crippen LogP contribution in [0, 0.1) is 10.1 Å². The summed E-state index contributed by atoms with van der Waals surface area (Å²) in [4.78, 5) is 25.6. The molecule has 120 valence electrons. The monoisotopic (exact) mass is 308 g/mol. The van der Waals surface area contributed by atoms with Gasteiger partial charge in [0.05, 0.1) is 4.92 Å². The first-order valence-electron chi connectivity index (χ1n) is 6.75. The Bertz CT molecular complexity index is 552. The van der Waals surface area contributed by atoms with Gasteiger partial charge in [0, 0.05) is 25.4 Å². The maximum Gasteiger partial charge on any atom is 0.407 e. The number of hydrogen-bond donors (Lipinski definition) is 2. The Labute approximate surface area is 128 Å². The predicted octanol–water partition coefficient (Wildman–Crippen LogP) is 2.48. The van der Waals surface area contributed by atoms with E-state index >= 15 is 0 Å². The van der Waals surface area contributed by atoms with Crippen LogP contribution >= 0.6 is 0 Å². The Morgan fingerprint density at radius 1 is 1.41 bits per heavy atom. The minimum absolute atomic E-state index is 0.0808. The number of nitro groups is 1. The van der Waals surface area contributed by atoms with E-state index in [1.165, 1.54) is 18.3 Å². The van der Waals surface area contributed by atoms with Crippen molar-refractivity contribution in [3.05, 3.63) is 40.6 Å². The molecule has 1 amide bonds. The third-order valence-corrected chi connectivity index (χ3v) is 2.30. The molecule has 0 spiro atoms. The molecule has 0 saturated carbocycles. The van der Waals surface area contributed by atoms with Crippen LogP contribution in [0.1, 0.15) is 20.8 Å². The van der Waals surface area contributed by atoms with Gasteiger partial charge in [0.25, 0.3) is 0 Å². The summed E-state index contributed by atoms with van der Waals surface area (Å²) < 4.78 is 5.07. The molecule has 22 heavy (non-hydrogen) atoms. The smallest absolute Gasteiger partial charge is 0.407 e. The lowest BCUT2D eigenvalue weighted by atomic mass is 10.2. The number of carbonyl (C=O) groups excluding carboxylic acids is 1. The minimum Gasteiger partial charge on any atom is -0.444 e. The topological polar surface area (TPSA) is 106 Å². The maximum atomic E-state index is 11.4. The molecule has 0 radical (unpaired) electrons. The van der Waals surface area contributed by atoms with Gasteiger partial charge in [-0.25, -0.2) is 9.78 Å². The number of hydrogen-bond acceptors (Lipinski definition) is 6. The first-order valence-corrected chi connectivity index (χ1v) is 6.75. The molecule has 0 aliphatic carbocycles. The van der Waals surface area contributed by atoms with Gasteiger partial charge in [0.15, 0.2) is 0 Å². The van der Waals surface area contributed by atoms with Crippen molar-refractivity contribution >= 4 is 17.6 Å². The first kappa shape index (κ1) is 17.4. The van der Waals surface area contributed by atoms with Gasteiger partial charge in [-0.1, -0.05) is 12.2 Å². The number of amides is 1. The lowest BCUT2D eigenvalue weighted by molar-refractivity contribution is -0.384. The van der Waals surface area contributed by atoms with E-state index in [4.69, 9.17) is 4.74 Å². The molecule has 0 fully saturated rings. The van der Waals surface area contributed by atoms with Crippen LogP contribution < -0.4 is 10.6 Å². The van der Waals surface area contributed by atoms with Gasteiger partial charge < -0.3 is 15.4 Å². The second-order valence-corrected chi connectivity index (χ2v) is 5.36. The SMILES string of the molecule is CC(C)(C)OC(=O)NC/C=C/CNc1ncccc1[N+](=O)[O-]. The van der Waals surface area contributed by atoms with Crippen LogP contribution in [-0.2, 0) is 4.74 Å². The van der Waals surface area contributed by atoms with E-state index in [0.717, 1.165) is 0 Å². The summed E-state index contributed by atoms with van der Waals surface area (Å²) in [5, 5.41) is 16.2. The normalized spacial score (nSPS) is 11.2. The second-order valence-electron chi connectivity index (χ2n) is 5.36. The molecule has 1 heterocycles. The van der Waals surface area contributed by atoms with Crippen LogP contribution in [0.2, 0.25) is 0 Å². The van der Waals surface area contributed by atoms with Crippen LogP contribution in [0.15, 0.2) is 30.5 Å². The summed E-state index contributed by atoms with van der Waals surface area (Å²) in [6.07, 6.45) is 4.43. The fraction of sp³-hybridized carbons (Fsp3) is 0.429. The Morgan fingerprint density at radius 2 is 2.09 bits per heavy atom. The molecule has 0 unspecified atom stereocenters. The summed E-state index contributed by atoms with van der Waals surface area (Å²) in [5.74, 6) is 0.206. The number of carbonyl (C=O) groups is 1. The molecule has 1 aromatic heterocycles. The van der Waals surface area contributed by atoms with E-state index < -0.39 is 16.6 Å². The third kappa shape index (κ3) is 6.69. The summed E-state index contributed by atoms with van der Waals surface area (Å²) in [6, 6.07) is 2.88. The summed E-state index contributed by atoms with van der Waals surface area (Å²) in [7, 11) is 0. The number of pyridine rings is 1. The van der Waals surface area contributed by atoms with Crippen LogP contribution in [-0.4, -0.2) is 34.7 Å². The van der Waals surface area contributed by atoms with E-state index in [9.17, 15) is 14.9 Å². The highest BCUT2D eigenvalue weighted by molar-refractivity contribution is 5.67. The highest BCUT2D eigenvalue weighted by atomic mass is 16.6. The first-order chi connectivity index (χ1) is 10.3. The van der Waals surface area contributed by atoms with Crippen LogP contribution in [0.25, 0.3) is 0 Å². The maximum absolute atomic E-state index is 11.4. The van der Waals surface area contributed by atoms with Crippen LogP contribution in [0.3, 0.4) is 0 Å². The number of rotatable bonds is 6.